The molecule has 0 spiro atoms. The Bertz CT molecular complexity index is 1030. The van der Waals surface area contributed by atoms with Crippen LogP contribution in [0, 0.1) is 0 Å². The van der Waals surface area contributed by atoms with Gasteiger partial charge in [-0.1, -0.05) is 30.3 Å². The van der Waals surface area contributed by atoms with E-state index in [-0.39, 0.29) is 6.61 Å². The standard InChI is InChI=1S/C21H26N2O5S2/c1-4-28-21(25)17-15-12-8-9-13-16(15)29-20(17)22-19(24)18(23(2)30(3,26)27)14-10-6-5-7-11-14/h5-7,10-11,18H,4,8-9,12-13H2,1-3H3,(H,22,24)/t18-/m0/s1. The minimum atomic E-state index is -3.64. The summed E-state index contributed by atoms with van der Waals surface area (Å²) in [5.74, 6) is -0.974. The van der Waals surface area contributed by atoms with Crippen molar-refractivity contribution in [1.82, 2.24) is 4.31 Å². The number of benzene rings is 1. The molecule has 0 aliphatic heterocycles. The second-order valence-electron chi connectivity index (χ2n) is 7.22. The smallest absolute Gasteiger partial charge is 0.341 e. The lowest BCUT2D eigenvalue weighted by Crippen LogP contribution is -2.38. The summed E-state index contributed by atoms with van der Waals surface area (Å²) in [6, 6.07) is 7.65. The summed E-state index contributed by atoms with van der Waals surface area (Å²) in [6.07, 6.45) is 4.69. The molecule has 0 fully saturated rings. The average Bonchev–Trinajstić information content (AvgIpc) is 3.06. The van der Waals surface area contributed by atoms with Crippen molar-refractivity contribution in [3.05, 3.63) is 51.9 Å². The Hall–Kier alpha value is -2.23. The summed E-state index contributed by atoms with van der Waals surface area (Å²) < 4.78 is 30.7. The summed E-state index contributed by atoms with van der Waals surface area (Å²) in [7, 11) is -2.27. The minimum absolute atomic E-state index is 0.236. The fraction of sp³-hybridized carbons (Fsp3) is 0.429. The molecule has 1 N–H and O–H groups in total. The van der Waals surface area contributed by atoms with Crippen molar-refractivity contribution in [2.45, 2.75) is 38.6 Å². The van der Waals surface area contributed by atoms with Gasteiger partial charge in [0.15, 0.2) is 0 Å². The highest BCUT2D eigenvalue weighted by atomic mass is 32.2. The van der Waals surface area contributed by atoms with Gasteiger partial charge in [-0.2, -0.15) is 4.31 Å². The van der Waals surface area contributed by atoms with E-state index in [2.05, 4.69) is 5.32 Å². The number of anilines is 1. The van der Waals surface area contributed by atoms with Crippen molar-refractivity contribution in [1.29, 1.82) is 0 Å². The molecule has 30 heavy (non-hydrogen) atoms. The number of rotatable bonds is 7. The molecule has 0 unspecified atom stereocenters. The highest BCUT2D eigenvalue weighted by molar-refractivity contribution is 7.88. The summed E-state index contributed by atoms with van der Waals surface area (Å²) >= 11 is 1.38. The molecule has 1 aromatic carbocycles. The van der Waals surface area contributed by atoms with Crippen molar-refractivity contribution < 1.29 is 22.7 Å². The maximum absolute atomic E-state index is 13.3. The molecular formula is C21H26N2O5S2. The van der Waals surface area contributed by atoms with E-state index in [1.54, 1.807) is 37.3 Å². The summed E-state index contributed by atoms with van der Waals surface area (Å²) in [5, 5.41) is 3.26. The van der Waals surface area contributed by atoms with Gasteiger partial charge in [-0.3, -0.25) is 4.79 Å². The van der Waals surface area contributed by atoms with E-state index in [1.165, 1.54) is 18.4 Å². The second-order valence-corrected chi connectivity index (χ2v) is 10.4. The van der Waals surface area contributed by atoms with Crippen molar-refractivity contribution in [2.24, 2.45) is 0 Å². The molecule has 1 aliphatic carbocycles. The normalized spacial score (nSPS) is 14.8. The Morgan fingerprint density at radius 2 is 1.87 bits per heavy atom. The molecule has 162 valence electrons. The van der Waals surface area contributed by atoms with Gasteiger partial charge < -0.3 is 10.1 Å². The molecule has 0 saturated heterocycles. The van der Waals surface area contributed by atoms with Crippen LogP contribution < -0.4 is 5.32 Å². The fourth-order valence-corrected chi connectivity index (χ4v) is 5.49. The van der Waals surface area contributed by atoms with Crippen molar-refractivity contribution in [3.63, 3.8) is 0 Å². The van der Waals surface area contributed by atoms with Gasteiger partial charge in [0.2, 0.25) is 15.9 Å². The number of aryl methyl sites for hydroxylation is 1. The van der Waals surface area contributed by atoms with Crippen LogP contribution in [0.2, 0.25) is 0 Å². The number of hydrogen-bond donors (Lipinski definition) is 1. The molecule has 1 heterocycles. The third-order valence-electron chi connectivity index (χ3n) is 5.14. The molecule has 9 heteroatoms. The zero-order valence-electron chi connectivity index (χ0n) is 17.3. The number of carbonyl (C=O) groups is 2. The fourth-order valence-electron chi connectivity index (χ4n) is 3.61. The highest BCUT2D eigenvalue weighted by Crippen LogP contribution is 2.39. The molecule has 1 aromatic heterocycles. The highest BCUT2D eigenvalue weighted by Gasteiger charge is 2.33. The molecule has 1 atom stereocenters. The maximum atomic E-state index is 13.3. The summed E-state index contributed by atoms with van der Waals surface area (Å²) in [5.41, 5.74) is 1.88. The van der Waals surface area contributed by atoms with E-state index in [0.29, 0.717) is 16.1 Å². The number of thiophene rings is 1. The molecule has 3 rings (SSSR count). The van der Waals surface area contributed by atoms with Crippen molar-refractivity contribution in [3.8, 4) is 0 Å². The summed E-state index contributed by atoms with van der Waals surface area (Å²) in [6.45, 7) is 1.97. The van der Waals surface area contributed by atoms with Gasteiger partial charge in [-0.15, -0.1) is 11.3 Å². The number of nitrogens with zero attached hydrogens (tertiary/aromatic N) is 1. The van der Waals surface area contributed by atoms with Crippen LogP contribution in [0.3, 0.4) is 0 Å². The maximum Gasteiger partial charge on any atom is 0.341 e. The Kier molecular flexibility index (Phi) is 6.95. The van der Waals surface area contributed by atoms with E-state index >= 15 is 0 Å². The van der Waals surface area contributed by atoms with Crippen LogP contribution in [-0.4, -0.2) is 44.5 Å². The minimum Gasteiger partial charge on any atom is -0.462 e. The largest absolute Gasteiger partial charge is 0.462 e. The lowest BCUT2D eigenvalue weighted by molar-refractivity contribution is -0.119. The lowest BCUT2D eigenvalue weighted by Gasteiger charge is -2.25. The lowest BCUT2D eigenvalue weighted by atomic mass is 9.95. The number of nitrogens with one attached hydrogen (secondary N) is 1. The SMILES string of the molecule is CCOC(=O)c1c(NC(=O)[C@H](c2ccccc2)N(C)S(C)(=O)=O)sc2c1CCCC2. The Morgan fingerprint density at radius 1 is 1.20 bits per heavy atom. The van der Waals surface area contributed by atoms with Crippen LogP contribution in [0.15, 0.2) is 30.3 Å². The monoisotopic (exact) mass is 450 g/mol. The van der Waals surface area contributed by atoms with Gasteiger partial charge in [0.05, 0.1) is 18.4 Å². The molecule has 7 nitrogen and oxygen atoms in total. The quantitative estimate of drug-likeness (QED) is 0.653. The molecular weight excluding hydrogens is 424 g/mol. The van der Waals surface area contributed by atoms with Gasteiger partial charge in [-0.05, 0) is 43.7 Å². The van der Waals surface area contributed by atoms with E-state index < -0.39 is 27.9 Å². The van der Waals surface area contributed by atoms with Gasteiger partial charge in [0.25, 0.3) is 0 Å². The van der Waals surface area contributed by atoms with Crippen LogP contribution in [0.25, 0.3) is 0 Å². The molecule has 1 amide bonds. The number of likely N-dealkylation sites (N-methyl/N-ethyl adjacent to an activating group) is 1. The molecule has 0 saturated carbocycles. The Morgan fingerprint density at radius 3 is 2.50 bits per heavy atom. The first-order chi connectivity index (χ1) is 14.2. The Balaban J connectivity index is 2.00. The van der Waals surface area contributed by atoms with Crippen molar-refractivity contribution >= 4 is 38.2 Å². The van der Waals surface area contributed by atoms with E-state index in [1.807, 2.05) is 0 Å². The number of sulfonamides is 1. The summed E-state index contributed by atoms with van der Waals surface area (Å²) in [4.78, 5) is 27.0. The zero-order valence-corrected chi connectivity index (χ0v) is 18.9. The third kappa shape index (κ3) is 4.74. The predicted octanol–water partition coefficient (Wildman–Crippen LogP) is 3.37. The van der Waals surface area contributed by atoms with Crippen molar-refractivity contribution in [2.75, 3.05) is 25.2 Å². The second kappa shape index (κ2) is 9.28. The molecule has 0 bridgehead atoms. The van der Waals surface area contributed by atoms with Gasteiger partial charge >= 0.3 is 5.97 Å². The molecule has 2 aromatic rings. The number of ether oxygens (including phenoxy) is 1. The topological polar surface area (TPSA) is 92.8 Å². The van der Waals surface area contributed by atoms with E-state index in [4.69, 9.17) is 4.74 Å². The van der Waals surface area contributed by atoms with Gasteiger partial charge in [0, 0.05) is 11.9 Å². The average molecular weight is 451 g/mol. The predicted molar refractivity (Wildman–Crippen MR) is 117 cm³/mol. The van der Waals surface area contributed by atoms with Crippen LogP contribution in [0.4, 0.5) is 5.00 Å². The number of esters is 1. The van der Waals surface area contributed by atoms with Crippen LogP contribution >= 0.6 is 11.3 Å². The van der Waals surface area contributed by atoms with Crippen LogP contribution in [0.5, 0.6) is 0 Å². The van der Waals surface area contributed by atoms with Gasteiger partial charge in [0.1, 0.15) is 11.0 Å². The first-order valence-electron chi connectivity index (χ1n) is 9.84. The molecule has 1 aliphatic rings. The number of hydrogen-bond acceptors (Lipinski definition) is 6. The first-order valence-corrected chi connectivity index (χ1v) is 12.5. The Labute approximate surface area is 181 Å². The number of fused-ring (bicyclic) bond motifs is 1. The first kappa shape index (κ1) is 22.5. The van der Waals surface area contributed by atoms with Crippen LogP contribution in [-0.2, 0) is 32.4 Å². The number of carbonyl (C=O) groups excluding carboxylic acids is 2. The molecule has 0 radical (unpaired) electrons. The number of amides is 1. The van der Waals surface area contributed by atoms with E-state index in [0.717, 1.165) is 46.7 Å². The van der Waals surface area contributed by atoms with Gasteiger partial charge in [-0.25, -0.2) is 13.2 Å². The zero-order chi connectivity index (χ0) is 21.9. The van der Waals surface area contributed by atoms with E-state index in [9.17, 15) is 18.0 Å². The third-order valence-corrected chi connectivity index (χ3v) is 7.60. The van der Waals surface area contributed by atoms with Crippen LogP contribution in [0.1, 0.15) is 52.2 Å².